The number of amides is 1. The molecule has 0 atom stereocenters. The lowest BCUT2D eigenvalue weighted by molar-refractivity contribution is -0.117. The number of nitrogens with one attached hydrogen (secondary N) is 1. The van der Waals surface area contributed by atoms with Crippen molar-refractivity contribution in [2.75, 3.05) is 62.6 Å². The molecule has 4 rings (SSSR count). The Kier molecular flexibility index (Phi) is 6.85. The highest BCUT2D eigenvalue weighted by molar-refractivity contribution is 7.09. The molecule has 1 amide bonds. The van der Waals surface area contributed by atoms with Gasteiger partial charge in [0.2, 0.25) is 5.91 Å². The van der Waals surface area contributed by atoms with Gasteiger partial charge < -0.3 is 15.1 Å². The van der Waals surface area contributed by atoms with Gasteiger partial charge in [0.15, 0.2) is 0 Å². The highest BCUT2D eigenvalue weighted by Gasteiger charge is 2.19. The number of thiophene rings is 1. The van der Waals surface area contributed by atoms with Gasteiger partial charge in [-0.2, -0.15) is 0 Å². The maximum atomic E-state index is 12.6. The van der Waals surface area contributed by atoms with Gasteiger partial charge in [-0.3, -0.25) is 9.69 Å². The molecular formula is C23H32N4OS. The third-order valence-corrected chi connectivity index (χ3v) is 6.98. The van der Waals surface area contributed by atoms with Crippen molar-refractivity contribution in [3.63, 3.8) is 0 Å². The van der Waals surface area contributed by atoms with E-state index in [2.05, 4.69) is 62.7 Å². The number of aryl methyl sites for hydroxylation is 1. The lowest BCUT2D eigenvalue weighted by atomic mass is 10.1. The van der Waals surface area contributed by atoms with Crippen LogP contribution < -0.4 is 10.2 Å². The van der Waals surface area contributed by atoms with Crippen LogP contribution in [0, 0.1) is 6.92 Å². The molecule has 0 saturated carbocycles. The van der Waals surface area contributed by atoms with Crippen molar-refractivity contribution in [2.45, 2.75) is 26.2 Å². The van der Waals surface area contributed by atoms with Crippen molar-refractivity contribution in [3.05, 3.63) is 46.2 Å². The second-order valence-corrected chi connectivity index (χ2v) is 9.22. The lowest BCUT2D eigenvalue weighted by Gasteiger charge is -2.34. The molecule has 6 heteroatoms. The third kappa shape index (κ3) is 5.59. The first kappa shape index (κ1) is 20.4. The van der Waals surface area contributed by atoms with E-state index in [1.165, 1.54) is 23.4 Å². The highest BCUT2D eigenvalue weighted by Crippen LogP contribution is 2.25. The summed E-state index contributed by atoms with van der Waals surface area (Å²) in [6.07, 6.45) is 3.68. The van der Waals surface area contributed by atoms with Gasteiger partial charge in [0.05, 0.1) is 6.54 Å². The van der Waals surface area contributed by atoms with Crippen LogP contribution in [0.5, 0.6) is 0 Å². The molecule has 0 bridgehead atoms. The average Bonchev–Trinajstić information content (AvgIpc) is 3.43. The summed E-state index contributed by atoms with van der Waals surface area (Å²) in [5.74, 6) is 0.0917. The SMILES string of the molecule is Cc1cc(N2CCCC2)ccc1NC(=O)CN1CCN(CCc2cccs2)CC1. The Morgan fingerprint density at radius 3 is 2.48 bits per heavy atom. The molecule has 29 heavy (non-hydrogen) atoms. The largest absolute Gasteiger partial charge is 0.372 e. The van der Waals surface area contributed by atoms with Crippen LogP contribution in [-0.2, 0) is 11.2 Å². The molecule has 1 aromatic heterocycles. The first-order valence-corrected chi connectivity index (χ1v) is 11.7. The van der Waals surface area contributed by atoms with Gasteiger partial charge in [0.1, 0.15) is 0 Å². The maximum Gasteiger partial charge on any atom is 0.238 e. The zero-order valence-electron chi connectivity index (χ0n) is 17.4. The van der Waals surface area contributed by atoms with Gasteiger partial charge in [-0.25, -0.2) is 0 Å². The molecule has 1 aromatic carbocycles. The minimum Gasteiger partial charge on any atom is -0.372 e. The van der Waals surface area contributed by atoms with Crippen molar-refractivity contribution in [2.24, 2.45) is 0 Å². The summed E-state index contributed by atoms with van der Waals surface area (Å²) in [5.41, 5.74) is 3.35. The number of nitrogens with zero attached hydrogens (tertiary/aromatic N) is 3. The number of hydrogen-bond acceptors (Lipinski definition) is 5. The van der Waals surface area contributed by atoms with Crippen molar-refractivity contribution >= 4 is 28.6 Å². The summed E-state index contributed by atoms with van der Waals surface area (Å²) >= 11 is 1.84. The summed E-state index contributed by atoms with van der Waals surface area (Å²) in [5, 5.41) is 5.27. The van der Waals surface area contributed by atoms with E-state index in [-0.39, 0.29) is 5.91 Å². The third-order valence-electron chi connectivity index (χ3n) is 6.04. The standard InChI is InChI=1S/C23H32N4OS/c1-19-17-20(27-9-2-3-10-27)6-7-22(19)24-23(28)18-26-14-12-25(13-15-26)11-8-21-5-4-16-29-21/h4-7,16-17H,2-3,8-15,18H2,1H3,(H,24,28). The molecule has 156 valence electrons. The van der Waals surface area contributed by atoms with Crippen LogP contribution in [0.1, 0.15) is 23.3 Å². The summed E-state index contributed by atoms with van der Waals surface area (Å²) in [7, 11) is 0. The van der Waals surface area contributed by atoms with E-state index >= 15 is 0 Å². The van der Waals surface area contributed by atoms with E-state index in [0.717, 1.165) is 63.5 Å². The van der Waals surface area contributed by atoms with E-state index in [9.17, 15) is 4.79 Å². The smallest absolute Gasteiger partial charge is 0.238 e. The van der Waals surface area contributed by atoms with Gasteiger partial charge in [0.25, 0.3) is 0 Å². The van der Waals surface area contributed by atoms with E-state index < -0.39 is 0 Å². The van der Waals surface area contributed by atoms with Gasteiger partial charge in [-0.1, -0.05) is 6.07 Å². The molecule has 0 unspecified atom stereocenters. The number of benzene rings is 1. The molecule has 1 N–H and O–H groups in total. The number of rotatable bonds is 7. The van der Waals surface area contributed by atoms with Gasteiger partial charge in [-0.15, -0.1) is 11.3 Å². The number of carbonyl (C=O) groups excluding carboxylic acids is 1. The van der Waals surface area contributed by atoms with E-state index in [4.69, 9.17) is 0 Å². The second-order valence-electron chi connectivity index (χ2n) is 8.19. The summed E-state index contributed by atoms with van der Waals surface area (Å²) in [6, 6.07) is 10.7. The molecule has 2 aromatic rings. The van der Waals surface area contributed by atoms with Crippen LogP contribution in [0.4, 0.5) is 11.4 Å². The highest BCUT2D eigenvalue weighted by atomic mass is 32.1. The van der Waals surface area contributed by atoms with Crippen molar-refractivity contribution in [3.8, 4) is 0 Å². The molecule has 5 nitrogen and oxygen atoms in total. The number of piperazine rings is 1. The van der Waals surface area contributed by atoms with Crippen molar-refractivity contribution < 1.29 is 4.79 Å². The fraction of sp³-hybridized carbons (Fsp3) is 0.522. The van der Waals surface area contributed by atoms with Crippen LogP contribution >= 0.6 is 11.3 Å². The Morgan fingerprint density at radius 1 is 1.03 bits per heavy atom. The van der Waals surface area contributed by atoms with E-state index in [0.29, 0.717) is 6.54 Å². The first-order valence-electron chi connectivity index (χ1n) is 10.8. The minimum atomic E-state index is 0.0917. The number of anilines is 2. The Bertz CT molecular complexity index is 793. The van der Waals surface area contributed by atoms with Gasteiger partial charge in [-0.05, 0) is 61.4 Å². The van der Waals surface area contributed by atoms with Crippen LogP contribution in [0.2, 0.25) is 0 Å². The van der Waals surface area contributed by atoms with Gasteiger partial charge in [0, 0.05) is 62.1 Å². The summed E-state index contributed by atoms with van der Waals surface area (Å²) in [6.45, 7) is 9.98. The normalized spacial score (nSPS) is 18.3. The Balaban J connectivity index is 1.21. The van der Waals surface area contributed by atoms with E-state index in [1.807, 2.05) is 11.3 Å². The second kappa shape index (κ2) is 9.74. The molecule has 2 fully saturated rings. The fourth-order valence-electron chi connectivity index (χ4n) is 4.25. The zero-order valence-corrected chi connectivity index (χ0v) is 18.2. The van der Waals surface area contributed by atoms with Crippen LogP contribution in [0.15, 0.2) is 35.7 Å². The van der Waals surface area contributed by atoms with Crippen LogP contribution in [0.25, 0.3) is 0 Å². The molecule has 0 aliphatic carbocycles. The summed E-state index contributed by atoms with van der Waals surface area (Å²) in [4.78, 5) is 21.2. The average molecular weight is 413 g/mol. The predicted octanol–water partition coefficient (Wildman–Crippen LogP) is 3.46. The maximum absolute atomic E-state index is 12.6. The van der Waals surface area contributed by atoms with Crippen LogP contribution in [0.3, 0.4) is 0 Å². The molecule has 2 aliphatic heterocycles. The van der Waals surface area contributed by atoms with E-state index in [1.54, 1.807) is 0 Å². The monoisotopic (exact) mass is 412 g/mol. The first-order chi connectivity index (χ1) is 14.2. The fourth-order valence-corrected chi connectivity index (χ4v) is 4.95. The Hall–Kier alpha value is -1.89. The Morgan fingerprint density at radius 2 is 1.79 bits per heavy atom. The molecule has 3 heterocycles. The Labute approximate surface area is 178 Å². The quantitative estimate of drug-likeness (QED) is 0.756. The van der Waals surface area contributed by atoms with Crippen LogP contribution in [-0.4, -0.2) is 68.1 Å². The van der Waals surface area contributed by atoms with Crippen molar-refractivity contribution in [1.29, 1.82) is 0 Å². The lowest BCUT2D eigenvalue weighted by Crippen LogP contribution is -2.49. The number of hydrogen-bond donors (Lipinski definition) is 1. The van der Waals surface area contributed by atoms with Gasteiger partial charge >= 0.3 is 0 Å². The number of carbonyl (C=O) groups is 1. The summed E-state index contributed by atoms with van der Waals surface area (Å²) < 4.78 is 0. The topological polar surface area (TPSA) is 38.8 Å². The molecule has 2 saturated heterocycles. The molecule has 0 spiro atoms. The molecule has 0 radical (unpaired) electrons. The minimum absolute atomic E-state index is 0.0917. The molecule has 2 aliphatic rings. The zero-order chi connectivity index (χ0) is 20.1. The predicted molar refractivity (Wildman–Crippen MR) is 122 cm³/mol. The molecular weight excluding hydrogens is 380 g/mol. The van der Waals surface area contributed by atoms with Crippen molar-refractivity contribution in [1.82, 2.24) is 9.80 Å².